The highest BCUT2D eigenvalue weighted by Gasteiger charge is 2.19. The maximum atomic E-state index is 11.8. The van der Waals surface area contributed by atoms with Gasteiger partial charge in [0.25, 0.3) is 5.56 Å². The van der Waals surface area contributed by atoms with Crippen LogP contribution in [-0.2, 0) is 30.5 Å². The van der Waals surface area contributed by atoms with E-state index in [0.29, 0.717) is 51.3 Å². The van der Waals surface area contributed by atoms with Gasteiger partial charge in [0.1, 0.15) is 17.2 Å². The van der Waals surface area contributed by atoms with E-state index < -0.39 is 0 Å². The summed E-state index contributed by atoms with van der Waals surface area (Å²) >= 11 is 0. The van der Waals surface area contributed by atoms with Crippen LogP contribution in [0.5, 0.6) is 17.2 Å². The molecule has 0 spiro atoms. The lowest BCUT2D eigenvalue weighted by Gasteiger charge is -2.20. The lowest BCUT2D eigenvalue weighted by molar-refractivity contribution is -0.116. The maximum Gasteiger partial charge on any atom is 0.252 e. The molecule has 1 aliphatic rings. The number of nitrogens with zero attached hydrogens (tertiary/aromatic N) is 12. The van der Waals surface area contributed by atoms with Gasteiger partial charge in [0.05, 0.1) is 53.6 Å². The van der Waals surface area contributed by atoms with Crippen LogP contribution in [0.1, 0.15) is 48.7 Å². The number of pyridine rings is 2. The molecule has 78 heavy (non-hydrogen) atoms. The number of aryl methyl sites for hydroxylation is 4. The fourth-order valence-electron chi connectivity index (χ4n) is 8.70. The van der Waals surface area contributed by atoms with Gasteiger partial charge in [-0.15, -0.1) is 15.3 Å². The molecule has 3 N–H and O–H groups in total. The molecular weight excluding hydrogens is 991 g/mol. The molecule has 6 heterocycles. The first-order chi connectivity index (χ1) is 38.4. The monoisotopic (exact) mass is 1040 g/mol. The van der Waals surface area contributed by atoms with Crippen LogP contribution in [0.4, 0.5) is 5.69 Å². The molecule has 0 unspecified atom stereocenters. The van der Waals surface area contributed by atoms with Crippen LogP contribution in [0.3, 0.4) is 0 Å². The largest absolute Gasteiger partial charge is 0.493 e. The Balaban J connectivity index is 0.000000132. The van der Waals surface area contributed by atoms with Crippen molar-refractivity contribution >= 4 is 33.4 Å². The number of para-hydroxylation sites is 5. The van der Waals surface area contributed by atoms with Crippen molar-refractivity contribution in [3.8, 4) is 34.3 Å². The fraction of sp³-hybridized carbons (Fsp3) is 0.193. The summed E-state index contributed by atoms with van der Waals surface area (Å²) in [6.07, 6.45) is 5.62. The Bertz CT molecular complexity index is 3830. The second kappa shape index (κ2) is 25.4. The molecule has 6 aromatic carbocycles. The zero-order chi connectivity index (χ0) is 53.3. The number of tetrazole rings is 3. The number of hydrogen-bond acceptors (Lipinski definition) is 15. The van der Waals surface area contributed by atoms with Gasteiger partial charge in [-0.25, -0.2) is 0 Å². The highest BCUT2D eigenvalue weighted by Crippen LogP contribution is 2.33. The summed E-state index contributed by atoms with van der Waals surface area (Å²) in [7, 11) is 0. The Kier molecular flexibility index (Phi) is 16.7. The zero-order valence-electron chi connectivity index (χ0n) is 42.3. The van der Waals surface area contributed by atoms with Crippen LogP contribution >= 0.6 is 0 Å². The third kappa shape index (κ3) is 13.0. The van der Waals surface area contributed by atoms with E-state index >= 15 is 0 Å². The molecule has 1 amide bonds. The van der Waals surface area contributed by atoms with Gasteiger partial charge in [0.2, 0.25) is 11.5 Å². The van der Waals surface area contributed by atoms with Crippen molar-refractivity contribution in [2.75, 3.05) is 25.1 Å². The molecule has 0 fully saturated rings. The molecule has 0 radical (unpaired) electrons. The number of anilines is 1. The minimum atomic E-state index is -0.174. The molecule has 0 aliphatic carbocycles. The number of H-pyrrole nitrogens is 2. The second-order valence-electron chi connectivity index (χ2n) is 17.8. The van der Waals surface area contributed by atoms with E-state index in [9.17, 15) is 14.4 Å². The molecule has 0 atom stereocenters. The smallest absolute Gasteiger partial charge is 0.252 e. The van der Waals surface area contributed by atoms with Crippen LogP contribution in [0, 0.1) is 0 Å². The number of carbonyl (C=O) groups is 1. The average Bonchev–Trinajstić information content (AvgIpc) is 4.30. The van der Waals surface area contributed by atoms with Crippen molar-refractivity contribution in [2.24, 2.45) is 0 Å². The quantitative estimate of drug-likeness (QED) is 0.0700. The summed E-state index contributed by atoms with van der Waals surface area (Å²) in [4.78, 5) is 40.4. The Morgan fingerprint density at radius 1 is 0.423 bits per heavy atom. The first kappa shape index (κ1) is 51.3. The molecule has 1 aliphatic heterocycles. The molecule has 5 aromatic heterocycles. The number of fused-ring (bicyclic) bond motifs is 3. The topological polar surface area (TPSA) is 253 Å². The van der Waals surface area contributed by atoms with Crippen LogP contribution in [0.2, 0.25) is 0 Å². The van der Waals surface area contributed by atoms with E-state index in [1.165, 1.54) is 12.1 Å². The van der Waals surface area contributed by atoms with Crippen LogP contribution in [0.15, 0.2) is 179 Å². The molecule has 11 aromatic rings. The van der Waals surface area contributed by atoms with E-state index in [0.717, 1.165) is 105 Å². The van der Waals surface area contributed by atoms with Gasteiger partial charge >= 0.3 is 0 Å². The van der Waals surface area contributed by atoms with Gasteiger partial charge in [-0.05, 0) is 135 Å². The lowest BCUT2D eigenvalue weighted by atomic mass is 10.0. The fourth-order valence-corrected chi connectivity index (χ4v) is 8.70. The van der Waals surface area contributed by atoms with Gasteiger partial charge in [0, 0.05) is 48.6 Å². The Hall–Kier alpha value is -10.2. The number of benzene rings is 6. The number of carbonyl (C=O) groups excluding carboxylic acids is 1. The van der Waals surface area contributed by atoms with Crippen molar-refractivity contribution in [2.45, 2.75) is 51.4 Å². The Morgan fingerprint density at radius 2 is 0.872 bits per heavy atom. The Labute approximate surface area is 445 Å². The van der Waals surface area contributed by atoms with E-state index in [1.54, 1.807) is 20.1 Å². The maximum absolute atomic E-state index is 11.8. The summed E-state index contributed by atoms with van der Waals surface area (Å²) in [6, 6.07) is 53.2. The van der Waals surface area contributed by atoms with Crippen LogP contribution < -0.4 is 30.6 Å². The number of nitrogens with one attached hydrogen (secondary N) is 3. The van der Waals surface area contributed by atoms with Gasteiger partial charge in [-0.3, -0.25) is 14.4 Å². The van der Waals surface area contributed by atoms with Gasteiger partial charge in [-0.1, -0.05) is 84.9 Å². The number of amides is 1. The first-order valence-corrected chi connectivity index (χ1v) is 25.5. The van der Waals surface area contributed by atoms with Crippen molar-refractivity contribution in [1.29, 1.82) is 0 Å². The molecule has 21 heteroatoms. The number of rotatable bonds is 18. The Morgan fingerprint density at radius 3 is 1.44 bits per heavy atom. The molecule has 0 bridgehead atoms. The van der Waals surface area contributed by atoms with Gasteiger partial charge < -0.3 is 29.5 Å². The summed E-state index contributed by atoms with van der Waals surface area (Å²) in [5.74, 6) is 4.46. The van der Waals surface area contributed by atoms with Crippen molar-refractivity contribution in [3.05, 3.63) is 214 Å². The number of ether oxygens (including phenoxy) is 3. The molecule has 0 saturated heterocycles. The number of hydrogen-bond donors (Lipinski definition) is 3. The van der Waals surface area contributed by atoms with Crippen LogP contribution in [0.25, 0.3) is 38.9 Å². The standard InChI is InChI=1S/C19H19N5O2.2C19H17N5O2/c25-18-12-11-14-6-4-9-16(19(14)20-18)26-13-5-10-17-21-22-23-24(17)15-7-2-1-3-8-15;25-19-12-11-15-16(20-19)8-4-9-17(15)26-13-5-10-18-21-22-23-24(18)14-6-2-1-3-7-14;25-19-13-17(15-9-4-5-10-16(15)20-19)26-12-6-11-18-21-22-23-24(18)14-7-2-1-3-8-14/h1-4,6-9H,5,10-13H2,(H,20,25);1-4,6-9,11-12H,5,10,13H2,(H,20,25);1-5,7-10,13H,6,11-12H2,(H,20,25). The van der Waals surface area contributed by atoms with Crippen LogP contribution in [-0.4, -0.2) is 96.3 Å². The summed E-state index contributed by atoms with van der Waals surface area (Å²) in [5, 5.41) is 40.5. The van der Waals surface area contributed by atoms with E-state index in [2.05, 4.69) is 61.9 Å². The highest BCUT2D eigenvalue weighted by molar-refractivity contribution is 5.95. The minimum Gasteiger partial charge on any atom is -0.493 e. The third-order valence-corrected chi connectivity index (χ3v) is 12.4. The number of aromatic amines is 2. The van der Waals surface area contributed by atoms with Crippen molar-refractivity contribution in [3.63, 3.8) is 0 Å². The highest BCUT2D eigenvalue weighted by atomic mass is 16.5. The van der Waals surface area contributed by atoms with E-state index in [1.807, 2.05) is 152 Å². The van der Waals surface area contributed by atoms with E-state index in [4.69, 9.17) is 14.2 Å². The molecular formula is C57H53N15O6. The molecule has 12 rings (SSSR count). The first-order valence-electron chi connectivity index (χ1n) is 25.5. The van der Waals surface area contributed by atoms with Gasteiger partial charge in [-0.2, -0.15) is 14.0 Å². The third-order valence-electron chi connectivity index (χ3n) is 12.4. The average molecular weight is 1040 g/mol. The normalized spacial score (nSPS) is 11.7. The second-order valence-corrected chi connectivity index (χ2v) is 17.8. The number of aromatic nitrogens is 14. The predicted molar refractivity (Wildman–Crippen MR) is 291 cm³/mol. The zero-order valence-corrected chi connectivity index (χ0v) is 42.3. The molecule has 392 valence electrons. The lowest BCUT2D eigenvalue weighted by Crippen LogP contribution is -2.20. The SMILES string of the molecule is O=C1CCc2cccc(OCCCc3nnnn3-c3ccccc3)c2N1.O=c1cc(OCCCc2nnnn2-c2ccccc2)c2ccccc2[nH]1.O=c1ccc2c(OCCCc3nnnn3-c3ccccc3)cccc2[nH]1. The molecule has 0 saturated carbocycles. The predicted octanol–water partition coefficient (Wildman–Crippen LogP) is 7.59. The van der Waals surface area contributed by atoms with Crippen molar-refractivity contribution in [1.82, 2.24) is 70.6 Å². The minimum absolute atomic E-state index is 0.0376. The summed E-state index contributed by atoms with van der Waals surface area (Å²) in [6.45, 7) is 1.52. The summed E-state index contributed by atoms with van der Waals surface area (Å²) in [5.41, 5.74) is 5.96. The van der Waals surface area contributed by atoms with E-state index in [-0.39, 0.29) is 17.0 Å². The van der Waals surface area contributed by atoms with Gasteiger partial charge in [0.15, 0.2) is 17.5 Å². The molecule has 21 nitrogen and oxygen atoms in total. The summed E-state index contributed by atoms with van der Waals surface area (Å²) < 4.78 is 22.9. The van der Waals surface area contributed by atoms with Crippen molar-refractivity contribution < 1.29 is 19.0 Å².